The van der Waals surface area contributed by atoms with Crippen molar-refractivity contribution >= 4 is 5.97 Å². The Kier molecular flexibility index (Phi) is 4.50. The molecule has 0 atom stereocenters. The molecule has 0 radical (unpaired) electrons. The Labute approximate surface area is 139 Å². The first-order chi connectivity index (χ1) is 12.0. The number of aromatic nitrogens is 5. The van der Waals surface area contributed by atoms with Crippen molar-refractivity contribution in [1.82, 2.24) is 24.7 Å². The molecule has 128 valence electrons. The zero-order valence-electron chi connectivity index (χ0n) is 12.7. The van der Waals surface area contributed by atoms with E-state index in [1.165, 1.54) is 30.5 Å². The van der Waals surface area contributed by atoms with Gasteiger partial charge in [-0.1, -0.05) is 0 Å². The van der Waals surface area contributed by atoms with Gasteiger partial charge >= 0.3 is 5.97 Å². The number of halogens is 1. The van der Waals surface area contributed by atoms with E-state index in [1.807, 2.05) is 0 Å². The zero-order valence-corrected chi connectivity index (χ0v) is 12.7. The Morgan fingerprint density at radius 3 is 2.72 bits per heavy atom. The smallest absolute Gasteiger partial charge is 0.325 e. The summed E-state index contributed by atoms with van der Waals surface area (Å²) in [6.07, 6.45) is 2.37. The van der Waals surface area contributed by atoms with Crippen LogP contribution in [0, 0.1) is 5.82 Å². The Morgan fingerprint density at radius 1 is 1.32 bits per heavy atom. The van der Waals surface area contributed by atoms with Crippen molar-refractivity contribution in [2.24, 2.45) is 0 Å². The molecule has 0 fully saturated rings. The molecule has 0 amide bonds. The fraction of sp³-hybridized carbons (Fsp3) is 0.133. The van der Waals surface area contributed by atoms with E-state index in [0.717, 1.165) is 10.9 Å². The van der Waals surface area contributed by atoms with Crippen LogP contribution in [0.5, 0.6) is 5.75 Å². The number of hydrogen-bond donors (Lipinski definition) is 2. The molecule has 25 heavy (non-hydrogen) atoms. The van der Waals surface area contributed by atoms with Crippen molar-refractivity contribution in [3.05, 3.63) is 58.7 Å². The van der Waals surface area contributed by atoms with Gasteiger partial charge < -0.3 is 14.8 Å². The van der Waals surface area contributed by atoms with Crippen LogP contribution in [-0.4, -0.2) is 35.8 Å². The Bertz CT molecular complexity index is 931. The summed E-state index contributed by atoms with van der Waals surface area (Å²) < 4.78 is 19.5. The second-order valence-corrected chi connectivity index (χ2v) is 4.94. The summed E-state index contributed by atoms with van der Waals surface area (Å²) >= 11 is 0. The number of carbonyl (C=O) groups is 1. The predicted molar refractivity (Wildman–Crippen MR) is 82.2 cm³/mol. The number of H-pyrrole nitrogens is 1. The highest BCUT2D eigenvalue weighted by molar-refractivity contribution is 5.67. The number of aliphatic carboxylic acids is 1. The molecule has 0 spiro atoms. The SMILES string of the molecule is O=C(O)Cn1nc(COc2ccc(F)cc2)nc1-c1c[nH]c(=O)cn1. The molecule has 2 heterocycles. The molecule has 9 nitrogen and oxygen atoms in total. The number of aromatic amines is 1. The monoisotopic (exact) mass is 345 g/mol. The lowest BCUT2D eigenvalue weighted by molar-refractivity contribution is -0.137. The summed E-state index contributed by atoms with van der Waals surface area (Å²) in [7, 11) is 0. The van der Waals surface area contributed by atoms with Crippen LogP contribution < -0.4 is 10.3 Å². The maximum Gasteiger partial charge on any atom is 0.325 e. The maximum atomic E-state index is 12.9. The third-order valence-electron chi connectivity index (χ3n) is 3.08. The maximum absolute atomic E-state index is 12.9. The van der Waals surface area contributed by atoms with Crippen LogP contribution in [0.4, 0.5) is 4.39 Å². The largest absolute Gasteiger partial charge is 0.486 e. The molecule has 3 rings (SSSR count). The quantitative estimate of drug-likeness (QED) is 0.678. The first kappa shape index (κ1) is 16.3. The van der Waals surface area contributed by atoms with Gasteiger partial charge in [0.15, 0.2) is 11.6 Å². The highest BCUT2D eigenvalue weighted by Gasteiger charge is 2.16. The number of carboxylic acids is 1. The van der Waals surface area contributed by atoms with Crippen LogP contribution in [0.3, 0.4) is 0 Å². The molecule has 10 heteroatoms. The fourth-order valence-corrected chi connectivity index (χ4v) is 2.02. The number of rotatable bonds is 6. The second-order valence-electron chi connectivity index (χ2n) is 4.94. The number of benzene rings is 1. The molecule has 0 aliphatic heterocycles. The van der Waals surface area contributed by atoms with E-state index in [2.05, 4.69) is 20.1 Å². The van der Waals surface area contributed by atoms with E-state index in [0.29, 0.717) is 5.75 Å². The second kappa shape index (κ2) is 6.91. The summed E-state index contributed by atoms with van der Waals surface area (Å²) in [5.41, 5.74) is -0.130. The van der Waals surface area contributed by atoms with Crippen molar-refractivity contribution in [2.45, 2.75) is 13.2 Å². The summed E-state index contributed by atoms with van der Waals surface area (Å²) in [5, 5.41) is 13.1. The molecule has 1 aromatic carbocycles. The van der Waals surface area contributed by atoms with Crippen molar-refractivity contribution in [2.75, 3.05) is 0 Å². The average Bonchev–Trinajstić information content (AvgIpc) is 2.97. The Hall–Kier alpha value is -3.56. The topological polar surface area (TPSA) is 123 Å². The number of nitrogens with zero attached hydrogens (tertiary/aromatic N) is 4. The normalized spacial score (nSPS) is 10.6. The zero-order chi connectivity index (χ0) is 17.8. The fourth-order valence-electron chi connectivity index (χ4n) is 2.02. The molecule has 3 aromatic rings. The predicted octanol–water partition coefficient (Wildman–Crippen LogP) is 0.831. The molecule has 0 bridgehead atoms. The van der Waals surface area contributed by atoms with Gasteiger partial charge in [0.1, 0.15) is 30.4 Å². The lowest BCUT2D eigenvalue weighted by Crippen LogP contribution is -2.13. The first-order valence-electron chi connectivity index (χ1n) is 7.10. The number of nitrogens with one attached hydrogen (secondary N) is 1. The van der Waals surface area contributed by atoms with Gasteiger partial charge in [0.2, 0.25) is 0 Å². The molecule has 2 aromatic heterocycles. The van der Waals surface area contributed by atoms with E-state index in [9.17, 15) is 14.0 Å². The van der Waals surface area contributed by atoms with Crippen LogP contribution in [0.15, 0.2) is 41.5 Å². The Morgan fingerprint density at radius 2 is 2.08 bits per heavy atom. The van der Waals surface area contributed by atoms with Crippen molar-refractivity contribution in [3.8, 4) is 17.3 Å². The lowest BCUT2D eigenvalue weighted by atomic mass is 10.3. The van der Waals surface area contributed by atoms with Crippen LogP contribution >= 0.6 is 0 Å². The summed E-state index contributed by atoms with van der Waals surface area (Å²) in [6.45, 7) is -0.478. The van der Waals surface area contributed by atoms with Crippen LogP contribution in [0.2, 0.25) is 0 Å². The van der Waals surface area contributed by atoms with Crippen molar-refractivity contribution in [3.63, 3.8) is 0 Å². The van der Waals surface area contributed by atoms with Gasteiger partial charge in [0.25, 0.3) is 5.56 Å². The van der Waals surface area contributed by atoms with Gasteiger partial charge in [0.05, 0.1) is 6.20 Å². The van der Waals surface area contributed by atoms with E-state index >= 15 is 0 Å². The molecule has 2 N–H and O–H groups in total. The van der Waals surface area contributed by atoms with E-state index in [4.69, 9.17) is 9.84 Å². The minimum atomic E-state index is -1.11. The molecule has 0 unspecified atom stereocenters. The lowest BCUT2D eigenvalue weighted by Gasteiger charge is -2.02. The average molecular weight is 345 g/mol. The molecule has 0 aliphatic carbocycles. The number of hydrogen-bond acceptors (Lipinski definition) is 6. The highest BCUT2D eigenvalue weighted by atomic mass is 19.1. The molecule has 0 saturated carbocycles. The van der Waals surface area contributed by atoms with Gasteiger partial charge in [-0.2, -0.15) is 5.10 Å². The van der Waals surface area contributed by atoms with Gasteiger partial charge in [-0.05, 0) is 24.3 Å². The number of ether oxygens (including phenoxy) is 1. The van der Waals surface area contributed by atoms with Crippen LogP contribution in [-0.2, 0) is 17.9 Å². The Balaban J connectivity index is 1.84. The highest BCUT2D eigenvalue weighted by Crippen LogP contribution is 2.16. The molecule has 0 aliphatic rings. The minimum absolute atomic E-state index is 0.0470. The summed E-state index contributed by atoms with van der Waals surface area (Å²) in [4.78, 5) is 32.6. The number of carboxylic acid groups (broad SMARTS) is 1. The third kappa shape index (κ3) is 4.05. The van der Waals surface area contributed by atoms with Gasteiger partial charge in [-0.15, -0.1) is 0 Å². The van der Waals surface area contributed by atoms with Gasteiger partial charge in [0, 0.05) is 6.20 Å². The minimum Gasteiger partial charge on any atom is -0.486 e. The molecular formula is C15H12FN5O4. The first-order valence-corrected chi connectivity index (χ1v) is 7.10. The summed E-state index contributed by atoms with van der Waals surface area (Å²) in [5.74, 6) is -0.686. The standard InChI is InChI=1S/C15H12FN5O4/c16-9-1-3-10(4-2-9)25-8-12-19-15(21(20-12)7-14(23)24)11-5-18-13(22)6-17-11/h1-6H,7-8H2,(H,18,22)(H,23,24). The molecular weight excluding hydrogens is 333 g/mol. The third-order valence-corrected chi connectivity index (χ3v) is 3.08. The van der Waals surface area contributed by atoms with E-state index in [-0.39, 0.29) is 29.8 Å². The van der Waals surface area contributed by atoms with Crippen molar-refractivity contribution in [1.29, 1.82) is 0 Å². The van der Waals surface area contributed by atoms with Crippen molar-refractivity contribution < 1.29 is 19.0 Å². The van der Waals surface area contributed by atoms with E-state index in [1.54, 1.807) is 0 Å². The molecule has 0 saturated heterocycles. The van der Waals surface area contributed by atoms with Crippen LogP contribution in [0.1, 0.15) is 5.82 Å². The van der Waals surface area contributed by atoms with Crippen LogP contribution in [0.25, 0.3) is 11.5 Å². The van der Waals surface area contributed by atoms with Gasteiger partial charge in [-0.3, -0.25) is 9.59 Å². The van der Waals surface area contributed by atoms with Gasteiger partial charge in [-0.25, -0.2) is 19.0 Å². The summed E-state index contributed by atoms with van der Waals surface area (Å²) in [6, 6.07) is 5.41. The van der Waals surface area contributed by atoms with E-state index < -0.39 is 18.1 Å².